The monoisotopic (exact) mass is 264 g/mol. The predicted molar refractivity (Wildman–Crippen MR) is 66.4 cm³/mol. The normalized spacial score (nSPS) is 28.4. The summed E-state index contributed by atoms with van der Waals surface area (Å²) in [7, 11) is 1.32. The molecule has 2 aliphatic rings. The van der Waals surface area contributed by atoms with E-state index in [1.54, 1.807) is 0 Å². The van der Waals surface area contributed by atoms with Crippen molar-refractivity contribution in [3.63, 3.8) is 0 Å². The fourth-order valence-corrected chi connectivity index (χ4v) is 2.73. The first-order valence-electron chi connectivity index (χ1n) is 6.41. The van der Waals surface area contributed by atoms with E-state index >= 15 is 0 Å². The summed E-state index contributed by atoms with van der Waals surface area (Å²) >= 11 is 0. The molecule has 0 aromatic heterocycles. The molecule has 0 saturated carbocycles. The molecule has 0 aliphatic carbocycles. The molecule has 2 saturated heterocycles. The van der Waals surface area contributed by atoms with Gasteiger partial charge in [0.25, 0.3) is 0 Å². The summed E-state index contributed by atoms with van der Waals surface area (Å²) in [6.45, 7) is 0. The van der Waals surface area contributed by atoms with Gasteiger partial charge in [0.05, 0.1) is 24.9 Å². The van der Waals surface area contributed by atoms with Crippen LogP contribution < -0.4 is 4.74 Å². The number of hydrogen-bond donors (Lipinski definition) is 1. The van der Waals surface area contributed by atoms with Gasteiger partial charge < -0.3 is 19.3 Å². The van der Waals surface area contributed by atoms with E-state index in [1.165, 1.54) is 25.3 Å². The third kappa shape index (κ3) is 2.26. The number of aromatic hydroxyl groups is 1. The van der Waals surface area contributed by atoms with E-state index in [2.05, 4.69) is 4.74 Å². The Hall–Kier alpha value is -1.75. The molecule has 1 N–H and O–H groups in total. The zero-order valence-electron chi connectivity index (χ0n) is 10.7. The standard InChI is InChI=1S/C14H16O5/c1-17-14(16)8-2-4-10(15)12(6-8)19-13-7-9-3-5-11(13)18-9/h2,4,6,9,11,13,15H,3,5,7H2,1H3. The molecule has 3 atom stereocenters. The average molecular weight is 264 g/mol. The molecule has 1 aromatic rings. The number of phenols is 1. The van der Waals surface area contributed by atoms with Crippen molar-refractivity contribution in [3.8, 4) is 11.5 Å². The molecular formula is C14H16O5. The Morgan fingerprint density at radius 3 is 2.89 bits per heavy atom. The van der Waals surface area contributed by atoms with Crippen LogP contribution in [0.5, 0.6) is 11.5 Å². The van der Waals surface area contributed by atoms with Crippen LogP contribution in [0, 0.1) is 0 Å². The van der Waals surface area contributed by atoms with Crippen molar-refractivity contribution in [2.24, 2.45) is 0 Å². The van der Waals surface area contributed by atoms with Gasteiger partial charge in [0.2, 0.25) is 0 Å². The van der Waals surface area contributed by atoms with Crippen LogP contribution in [0.15, 0.2) is 18.2 Å². The smallest absolute Gasteiger partial charge is 0.337 e. The Kier molecular flexibility index (Phi) is 3.06. The van der Waals surface area contributed by atoms with Crippen LogP contribution in [0.1, 0.15) is 29.6 Å². The highest BCUT2D eigenvalue weighted by Gasteiger charge is 2.42. The highest BCUT2D eigenvalue weighted by molar-refractivity contribution is 5.90. The third-order valence-electron chi connectivity index (χ3n) is 3.71. The van der Waals surface area contributed by atoms with E-state index in [1.807, 2.05) is 0 Å². The maximum Gasteiger partial charge on any atom is 0.337 e. The Morgan fingerprint density at radius 2 is 2.26 bits per heavy atom. The number of hydrogen-bond acceptors (Lipinski definition) is 5. The molecule has 0 amide bonds. The second-order valence-electron chi connectivity index (χ2n) is 4.94. The number of methoxy groups -OCH3 is 1. The van der Waals surface area contributed by atoms with Crippen molar-refractivity contribution >= 4 is 5.97 Å². The molecule has 2 aliphatic heterocycles. The van der Waals surface area contributed by atoms with E-state index in [9.17, 15) is 9.90 Å². The van der Waals surface area contributed by atoms with Crippen molar-refractivity contribution in [1.29, 1.82) is 0 Å². The third-order valence-corrected chi connectivity index (χ3v) is 3.71. The minimum Gasteiger partial charge on any atom is -0.504 e. The second-order valence-corrected chi connectivity index (χ2v) is 4.94. The fourth-order valence-electron chi connectivity index (χ4n) is 2.73. The molecule has 2 heterocycles. The molecule has 0 radical (unpaired) electrons. The zero-order chi connectivity index (χ0) is 13.4. The minimum absolute atomic E-state index is 0.0235. The lowest BCUT2D eigenvalue weighted by Gasteiger charge is -2.21. The van der Waals surface area contributed by atoms with E-state index in [0.29, 0.717) is 11.3 Å². The first kappa shape index (κ1) is 12.3. The predicted octanol–water partition coefficient (Wildman–Crippen LogP) is 1.88. The van der Waals surface area contributed by atoms with Crippen LogP contribution in [0.3, 0.4) is 0 Å². The summed E-state index contributed by atoms with van der Waals surface area (Å²) in [5.74, 6) is -0.117. The van der Waals surface area contributed by atoms with Gasteiger partial charge in [-0.2, -0.15) is 0 Å². The number of fused-ring (bicyclic) bond motifs is 2. The number of phenolic OH excluding ortho intramolecular Hbond substituents is 1. The number of benzene rings is 1. The maximum absolute atomic E-state index is 11.5. The van der Waals surface area contributed by atoms with Crippen molar-refractivity contribution in [1.82, 2.24) is 0 Å². The van der Waals surface area contributed by atoms with Gasteiger partial charge in [-0.05, 0) is 31.0 Å². The molecule has 102 valence electrons. The number of carbonyl (C=O) groups is 1. The first-order valence-corrected chi connectivity index (χ1v) is 6.41. The van der Waals surface area contributed by atoms with Gasteiger partial charge in [-0.3, -0.25) is 0 Å². The summed E-state index contributed by atoms with van der Waals surface area (Å²) in [4.78, 5) is 11.5. The molecule has 5 heteroatoms. The van der Waals surface area contributed by atoms with Gasteiger partial charge in [-0.15, -0.1) is 0 Å². The molecule has 5 nitrogen and oxygen atoms in total. The second kappa shape index (κ2) is 4.74. The molecule has 0 spiro atoms. The molecule has 3 rings (SSSR count). The zero-order valence-corrected chi connectivity index (χ0v) is 10.7. The van der Waals surface area contributed by atoms with Crippen LogP contribution >= 0.6 is 0 Å². The lowest BCUT2D eigenvalue weighted by molar-refractivity contribution is 0.0593. The van der Waals surface area contributed by atoms with E-state index in [4.69, 9.17) is 9.47 Å². The molecule has 2 fully saturated rings. The van der Waals surface area contributed by atoms with Crippen LogP contribution in [0.4, 0.5) is 0 Å². The van der Waals surface area contributed by atoms with Crippen LogP contribution in [0.25, 0.3) is 0 Å². The number of rotatable bonds is 3. The molecule has 2 bridgehead atoms. The van der Waals surface area contributed by atoms with E-state index < -0.39 is 5.97 Å². The van der Waals surface area contributed by atoms with Crippen molar-refractivity contribution in [2.45, 2.75) is 37.6 Å². The Morgan fingerprint density at radius 1 is 1.42 bits per heavy atom. The lowest BCUT2D eigenvalue weighted by atomic mass is 9.98. The summed E-state index contributed by atoms with van der Waals surface area (Å²) in [6.07, 6.45) is 3.25. The fraction of sp³-hybridized carbons (Fsp3) is 0.500. The van der Waals surface area contributed by atoms with Crippen LogP contribution in [-0.4, -0.2) is 36.5 Å². The Balaban J connectivity index is 1.78. The lowest BCUT2D eigenvalue weighted by Crippen LogP contribution is -2.28. The van der Waals surface area contributed by atoms with Crippen LogP contribution in [0.2, 0.25) is 0 Å². The van der Waals surface area contributed by atoms with E-state index in [0.717, 1.165) is 19.3 Å². The minimum atomic E-state index is -0.450. The molecule has 19 heavy (non-hydrogen) atoms. The number of esters is 1. The average Bonchev–Trinajstić information content (AvgIpc) is 3.02. The van der Waals surface area contributed by atoms with Crippen LogP contribution in [-0.2, 0) is 9.47 Å². The summed E-state index contributed by atoms with van der Waals surface area (Å²) in [5, 5.41) is 9.80. The molecule has 1 aromatic carbocycles. The summed E-state index contributed by atoms with van der Waals surface area (Å²) < 4.78 is 16.1. The van der Waals surface area contributed by atoms with Crippen molar-refractivity contribution < 1.29 is 24.1 Å². The quantitative estimate of drug-likeness (QED) is 0.844. The SMILES string of the molecule is COC(=O)c1ccc(O)c(OC2CC3CCC2O3)c1. The van der Waals surface area contributed by atoms with Crippen molar-refractivity contribution in [3.05, 3.63) is 23.8 Å². The van der Waals surface area contributed by atoms with Gasteiger partial charge in [0, 0.05) is 6.42 Å². The largest absolute Gasteiger partial charge is 0.504 e. The van der Waals surface area contributed by atoms with Gasteiger partial charge in [0.15, 0.2) is 11.5 Å². The van der Waals surface area contributed by atoms with Gasteiger partial charge >= 0.3 is 5.97 Å². The Labute approximate surface area is 111 Å². The number of carbonyl (C=O) groups excluding carboxylic acids is 1. The first-order chi connectivity index (χ1) is 9.17. The Bertz CT molecular complexity index is 499. The van der Waals surface area contributed by atoms with Gasteiger partial charge in [-0.1, -0.05) is 0 Å². The summed E-state index contributed by atoms with van der Waals surface area (Å²) in [5.41, 5.74) is 0.361. The molecule has 3 unspecified atom stereocenters. The maximum atomic E-state index is 11.5. The topological polar surface area (TPSA) is 65.0 Å². The van der Waals surface area contributed by atoms with Gasteiger partial charge in [-0.25, -0.2) is 4.79 Å². The van der Waals surface area contributed by atoms with Gasteiger partial charge in [0.1, 0.15) is 6.10 Å². The highest BCUT2D eigenvalue weighted by atomic mass is 16.6. The van der Waals surface area contributed by atoms with E-state index in [-0.39, 0.29) is 24.1 Å². The highest BCUT2D eigenvalue weighted by Crippen LogP contribution is 2.38. The summed E-state index contributed by atoms with van der Waals surface area (Å²) in [6, 6.07) is 4.45. The molecular weight excluding hydrogens is 248 g/mol. The van der Waals surface area contributed by atoms with Crippen molar-refractivity contribution in [2.75, 3.05) is 7.11 Å². The number of ether oxygens (including phenoxy) is 3.